The molecule has 0 fully saturated rings. The fourth-order valence-electron chi connectivity index (χ4n) is 2.82. The number of ether oxygens (including phenoxy) is 1. The van der Waals surface area contributed by atoms with E-state index in [-0.39, 0.29) is 11.8 Å². The zero-order chi connectivity index (χ0) is 14.1. The molecule has 2 aromatic rings. The Kier molecular flexibility index (Phi) is 3.18. The monoisotopic (exact) mass is 271 g/mol. The van der Waals surface area contributed by atoms with Gasteiger partial charge in [0, 0.05) is 11.1 Å². The van der Waals surface area contributed by atoms with Crippen molar-refractivity contribution in [2.24, 2.45) is 5.73 Å². The number of carbonyl (C=O) groups excluding carboxylic acids is 1. The maximum Gasteiger partial charge on any atom is 0.226 e. The maximum absolute atomic E-state index is 11.5. The van der Waals surface area contributed by atoms with E-state index in [2.05, 4.69) is 10.2 Å². The van der Waals surface area contributed by atoms with Crippen molar-refractivity contribution >= 4 is 5.91 Å². The molecule has 1 aromatic carbocycles. The largest absolute Gasteiger partial charge is 0.497 e. The Morgan fingerprint density at radius 2 is 2.15 bits per heavy atom. The third-order valence-electron chi connectivity index (χ3n) is 3.87. The Morgan fingerprint density at radius 1 is 1.40 bits per heavy atom. The van der Waals surface area contributed by atoms with E-state index in [1.165, 1.54) is 0 Å². The number of aromatic amines is 1. The minimum Gasteiger partial charge on any atom is -0.497 e. The van der Waals surface area contributed by atoms with Crippen molar-refractivity contribution in [1.29, 1.82) is 0 Å². The lowest BCUT2D eigenvalue weighted by atomic mass is 9.85. The van der Waals surface area contributed by atoms with Gasteiger partial charge in [0.05, 0.1) is 24.4 Å². The van der Waals surface area contributed by atoms with Crippen LogP contribution in [0.1, 0.15) is 30.0 Å². The standard InChI is InChI=1S/C15H17N3O2/c1-20-10-7-5-9(6-8-10)13-11-3-2-4-12(15(16)19)14(11)18-17-13/h5-8,12H,2-4H2,1H3,(H2,16,19)(H,17,18). The van der Waals surface area contributed by atoms with Crippen molar-refractivity contribution in [3.05, 3.63) is 35.5 Å². The highest BCUT2D eigenvalue weighted by Gasteiger charge is 2.29. The summed E-state index contributed by atoms with van der Waals surface area (Å²) in [5.41, 5.74) is 9.40. The molecule has 104 valence electrons. The number of primary amides is 1. The molecule has 1 heterocycles. The summed E-state index contributed by atoms with van der Waals surface area (Å²) < 4.78 is 5.16. The highest BCUT2D eigenvalue weighted by Crippen LogP contribution is 2.35. The number of carbonyl (C=O) groups is 1. The van der Waals surface area contributed by atoms with Crippen LogP contribution in [0.4, 0.5) is 0 Å². The van der Waals surface area contributed by atoms with Crippen molar-refractivity contribution in [2.45, 2.75) is 25.2 Å². The average Bonchev–Trinajstić information content (AvgIpc) is 2.91. The summed E-state index contributed by atoms with van der Waals surface area (Å²) in [4.78, 5) is 11.5. The van der Waals surface area contributed by atoms with Crippen LogP contribution >= 0.6 is 0 Å². The lowest BCUT2D eigenvalue weighted by molar-refractivity contribution is -0.119. The molecular formula is C15H17N3O2. The Hall–Kier alpha value is -2.30. The van der Waals surface area contributed by atoms with E-state index in [0.29, 0.717) is 0 Å². The number of benzene rings is 1. The number of aromatic nitrogens is 2. The van der Waals surface area contributed by atoms with Gasteiger partial charge in [-0.05, 0) is 43.5 Å². The molecule has 1 unspecified atom stereocenters. The number of nitrogens with one attached hydrogen (secondary N) is 1. The number of H-pyrrole nitrogens is 1. The fraction of sp³-hybridized carbons (Fsp3) is 0.333. The van der Waals surface area contributed by atoms with Crippen LogP contribution in [-0.2, 0) is 11.2 Å². The number of rotatable bonds is 3. The van der Waals surface area contributed by atoms with Crippen molar-refractivity contribution in [2.75, 3.05) is 7.11 Å². The van der Waals surface area contributed by atoms with Gasteiger partial charge in [-0.25, -0.2) is 0 Å². The first kappa shape index (κ1) is 12.7. The Morgan fingerprint density at radius 3 is 2.80 bits per heavy atom. The van der Waals surface area contributed by atoms with Crippen LogP contribution in [0, 0.1) is 0 Å². The molecule has 3 N–H and O–H groups in total. The number of hydrogen-bond acceptors (Lipinski definition) is 3. The lowest BCUT2D eigenvalue weighted by Gasteiger charge is -2.19. The first-order valence-electron chi connectivity index (χ1n) is 6.71. The fourth-order valence-corrected chi connectivity index (χ4v) is 2.82. The van der Waals surface area contributed by atoms with Crippen LogP contribution in [0.3, 0.4) is 0 Å². The van der Waals surface area contributed by atoms with Crippen molar-refractivity contribution < 1.29 is 9.53 Å². The smallest absolute Gasteiger partial charge is 0.226 e. The van der Waals surface area contributed by atoms with Gasteiger partial charge in [0.25, 0.3) is 0 Å². The molecule has 1 aliphatic rings. The quantitative estimate of drug-likeness (QED) is 0.895. The maximum atomic E-state index is 11.5. The summed E-state index contributed by atoms with van der Waals surface area (Å²) in [6, 6.07) is 7.77. The lowest BCUT2D eigenvalue weighted by Crippen LogP contribution is -2.25. The molecule has 20 heavy (non-hydrogen) atoms. The second-order valence-electron chi connectivity index (χ2n) is 5.04. The van der Waals surface area contributed by atoms with E-state index in [9.17, 15) is 4.79 Å². The minimum absolute atomic E-state index is 0.238. The van der Waals surface area contributed by atoms with E-state index in [0.717, 1.165) is 47.5 Å². The van der Waals surface area contributed by atoms with Gasteiger partial charge >= 0.3 is 0 Å². The number of hydrogen-bond donors (Lipinski definition) is 2. The van der Waals surface area contributed by atoms with Gasteiger partial charge in [-0.15, -0.1) is 0 Å². The molecule has 3 rings (SSSR count). The number of amides is 1. The van der Waals surface area contributed by atoms with Gasteiger partial charge in [0.1, 0.15) is 5.75 Å². The van der Waals surface area contributed by atoms with Crippen LogP contribution in [0.5, 0.6) is 5.75 Å². The summed E-state index contributed by atoms with van der Waals surface area (Å²) in [6.45, 7) is 0. The molecular weight excluding hydrogens is 254 g/mol. The normalized spacial score (nSPS) is 17.6. The predicted octanol–water partition coefficient (Wildman–Crippen LogP) is 1.99. The van der Waals surface area contributed by atoms with Gasteiger partial charge in [-0.1, -0.05) is 0 Å². The molecule has 5 heteroatoms. The predicted molar refractivity (Wildman–Crippen MR) is 75.4 cm³/mol. The number of fused-ring (bicyclic) bond motifs is 1. The molecule has 1 atom stereocenters. The Bertz CT molecular complexity index is 631. The molecule has 0 spiro atoms. The average molecular weight is 271 g/mol. The molecule has 0 saturated carbocycles. The zero-order valence-electron chi connectivity index (χ0n) is 11.3. The van der Waals surface area contributed by atoms with Crippen LogP contribution < -0.4 is 10.5 Å². The molecule has 0 saturated heterocycles. The highest BCUT2D eigenvalue weighted by atomic mass is 16.5. The van der Waals surface area contributed by atoms with Gasteiger partial charge in [0.15, 0.2) is 0 Å². The van der Waals surface area contributed by atoms with Gasteiger partial charge in [0.2, 0.25) is 5.91 Å². The molecule has 1 amide bonds. The molecule has 0 radical (unpaired) electrons. The number of methoxy groups -OCH3 is 1. The molecule has 1 aliphatic carbocycles. The van der Waals surface area contributed by atoms with Crippen molar-refractivity contribution in [1.82, 2.24) is 10.2 Å². The van der Waals surface area contributed by atoms with E-state index in [1.54, 1.807) is 7.11 Å². The topological polar surface area (TPSA) is 81.0 Å². The van der Waals surface area contributed by atoms with E-state index in [4.69, 9.17) is 10.5 Å². The first-order valence-corrected chi connectivity index (χ1v) is 6.71. The second kappa shape index (κ2) is 5.00. The SMILES string of the molecule is COc1ccc(-c2n[nH]c3c2CCCC3C(N)=O)cc1. The third kappa shape index (κ3) is 2.05. The molecule has 0 bridgehead atoms. The summed E-state index contributed by atoms with van der Waals surface area (Å²) in [5.74, 6) is 0.294. The summed E-state index contributed by atoms with van der Waals surface area (Å²) in [5, 5.41) is 7.39. The Labute approximate surface area is 117 Å². The van der Waals surface area contributed by atoms with Crippen molar-refractivity contribution in [3.63, 3.8) is 0 Å². The summed E-state index contributed by atoms with van der Waals surface area (Å²) in [6.07, 6.45) is 2.69. The van der Waals surface area contributed by atoms with Crippen LogP contribution in [-0.4, -0.2) is 23.2 Å². The number of nitrogens with two attached hydrogens (primary N) is 1. The van der Waals surface area contributed by atoms with E-state index in [1.807, 2.05) is 24.3 Å². The summed E-state index contributed by atoms with van der Waals surface area (Å²) >= 11 is 0. The van der Waals surface area contributed by atoms with E-state index < -0.39 is 0 Å². The molecule has 1 aromatic heterocycles. The van der Waals surface area contributed by atoms with Gasteiger partial charge < -0.3 is 10.5 Å². The Balaban J connectivity index is 2.01. The molecule has 5 nitrogen and oxygen atoms in total. The zero-order valence-corrected chi connectivity index (χ0v) is 11.3. The second-order valence-corrected chi connectivity index (χ2v) is 5.04. The third-order valence-corrected chi connectivity index (χ3v) is 3.87. The van der Waals surface area contributed by atoms with Crippen LogP contribution in [0.2, 0.25) is 0 Å². The van der Waals surface area contributed by atoms with Crippen LogP contribution in [0.15, 0.2) is 24.3 Å². The van der Waals surface area contributed by atoms with Crippen molar-refractivity contribution in [3.8, 4) is 17.0 Å². The first-order chi connectivity index (χ1) is 9.70. The minimum atomic E-state index is -0.282. The van der Waals surface area contributed by atoms with Crippen LogP contribution in [0.25, 0.3) is 11.3 Å². The van der Waals surface area contributed by atoms with Gasteiger partial charge in [-0.3, -0.25) is 9.89 Å². The molecule has 0 aliphatic heterocycles. The van der Waals surface area contributed by atoms with Gasteiger partial charge in [-0.2, -0.15) is 5.10 Å². The van der Waals surface area contributed by atoms with E-state index >= 15 is 0 Å². The summed E-state index contributed by atoms with van der Waals surface area (Å²) in [7, 11) is 1.64. The highest BCUT2D eigenvalue weighted by molar-refractivity contribution is 5.83. The number of nitrogens with zero attached hydrogens (tertiary/aromatic N) is 1.